The van der Waals surface area contributed by atoms with Crippen LogP contribution in [0, 0.1) is 5.92 Å². The molecule has 3 amide bonds. The van der Waals surface area contributed by atoms with Crippen LogP contribution in [0.2, 0.25) is 5.02 Å². The van der Waals surface area contributed by atoms with Crippen LogP contribution >= 0.6 is 11.6 Å². The van der Waals surface area contributed by atoms with Gasteiger partial charge < -0.3 is 30.7 Å². The molecular weight excluding hydrogens is 494 g/mol. The van der Waals surface area contributed by atoms with Crippen molar-refractivity contribution in [3.63, 3.8) is 0 Å². The van der Waals surface area contributed by atoms with E-state index in [4.69, 9.17) is 26.8 Å². The number of methoxy groups -OCH3 is 1. The number of anilines is 1. The summed E-state index contributed by atoms with van der Waals surface area (Å²) in [4.78, 5) is 29.6. The number of ether oxygens (including phenoxy) is 2. The summed E-state index contributed by atoms with van der Waals surface area (Å²) in [5.41, 5.74) is 7.61. The zero-order valence-corrected chi connectivity index (χ0v) is 22.0. The van der Waals surface area contributed by atoms with Gasteiger partial charge in [-0.15, -0.1) is 0 Å². The highest BCUT2D eigenvalue weighted by atomic mass is 35.5. The molecule has 0 spiro atoms. The lowest BCUT2D eigenvalue weighted by molar-refractivity contribution is -0.0330. The molecule has 37 heavy (non-hydrogen) atoms. The maximum atomic E-state index is 12.7. The molecule has 0 saturated carbocycles. The third-order valence-electron chi connectivity index (χ3n) is 6.98. The fourth-order valence-electron chi connectivity index (χ4n) is 4.86. The van der Waals surface area contributed by atoms with Crippen LogP contribution in [-0.4, -0.2) is 80.8 Å². The molecule has 4 N–H and O–H groups in total. The third-order valence-corrected chi connectivity index (χ3v) is 7.31. The Bertz CT molecular complexity index is 1060. The minimum absolute atomic E-state index is 0.00324. The summed E-state index contributed by atoms with van der Waals surface area (Å²) >= 11 is 6.10. The molecular formula is C27H36ClN5O4. The van der Waals surface area contributed by atoms with Gasteiger partial charge in [-0.25, -0.2) is 4.79 Å². The summed E-state index contributed by atoms with van der Waals surface area (Å²) in [6.45, 7) is 5.67. The summed E-state index contributed by atoms with van der Waals surface area (Å²) in [7, 11) is 1.49. The van der Waals surface area contributed by atoms with Gasteiger partial charge in [0.2, 0.25) is 0 Å². The average molecular weight is 530 g/mol. The normalized spacial score (nSPS) is 18.9. The van der Waals surface area contributed by atoms with E-state index in [1.807, 2.05) is 35.2 Å². The van der Waals surface area contributed by atoms with Crippen molar-refractivity contribution in [2.24, 2.45) is 5.92 Å². The van der Waals surface area contributed by atoms with E-state index in [0.29, 0.717) is 47.6 Å². The number of nitrogens with two attached hydrogens (primary N) is 1. The molecule has 2 aliphatic heterocycles. The van der Waals surface area contributed by atoms with Crippen LogP contribution in [0.1, 0.15) is 28.8 Å². The molecule has 2 aliphatic rings. The predicted octanol–water partition coefficient (Wildman–Crippen LogP) is 2.98. The molecule has 0 bridgehead atoms. The molecule has 4 rings (SSSR count). The minimum atomic E-state index is -0.280. The van der Waals surface area contributed by atoms with Crippen LogP contribution in [0.3, 0.4) is 0 Å². The smallest absolute Gasteiger partial charge is 0.317 e. The molecule has 1 atom stereocenters. The second kappa shape index (κ2) is 13.0. The molecule has 200 valence electrons. The first-order chi connectivity index (χ1) is 17.9. The van der Waals surface area contributed by atoms with E-state index in [0.717, 1.165) is 51.1 Å². The zero-order chi connectivity index (χ0) is 26.2. The number of benzene rings is 2. The van der Waals surface area contributed by atoms with Gasteiger partial charge in [0.1, 0.15) is 5.75 Å². The largest absolute Gasteiger partial charge is 0.496 e. The van der Waals surface area contributed by atoms with E-state index in [1.165, 1.54) is 13.2 Å². The van der Waals surface area contributed by atoms with Crippen LogP contribution in [0.15, 0.2) is 42.5 Å². The number of nitrogens with zero attached hydrogens (tertiary/aromatic N) is 2. The summed E-state index contributed by atoms with van der Waals surface area (Å²) in [6, 6.07) is 13.0. The molecule has 1 unspecified atom stereocenters. The van der Waals surface area contributed by atoms with Crippen LogP contribution in [-0.2, 0) is 11.3 Å². The second-order valence-corrected chi connectivity index (χ2v) is 10.0. The number of amides is 3. The number of piperidine rings is 1. The number of carbonyl (C=O) groups is 2. The Morgan fingerprint density at radius 1 is 1.14 bits per heavy atom. The summed E-state index contributed by atoms with van der Waals surface area (Å²) in [5, 5.41) is 6.27. The Hall–Kier alpha value is -3.01. The Kier molecular flexibility index (Phi) is 9.49. The molecule has 0 aliphatic carbocycles. The third kappa shape index (κ3) is 7.50. The minimum Gasteiger partial charge on any atom is -0.496 e. The van der Waals surface area contributed by atoms with Crippen LogP contribution < -0.4 is 21.1 Å². The van der Waals surface area contributed by atoms with E-state index in [1.54, 1.807) is 6.07 Å². The van der Waals surface area contributed by atoms with Gasteiger partial charge in [0.15, 0.2) is 0 Å². The number of likely N-dealkylation sites (tertiary alicyclic amines) is 1. The van der Waals surface area contributed by atoms with Crippen LogP contribution in [0.5, 0.6) is 5.75 Å². The highest BCUT2D eigenvalue weighted by molar-refractivity contribution is 6.33. The number of carbonyl (C=O) groups excluding carboxylic acids is 2. The van der Waals surface area contributed by atoms with E-state index >= 15 is 0 Å². The molecule has 2 heterocycles. The molecule has 9 nitrogen and oxygen atoms in total. The average Bonchev–Trinajstić information content (AvgIpc) is 2.93. The number of morpholine rings is 1. The van der Waals surface area contributed by atoms with Crippen molar-refractivity contribution in [3.05, 3.63) is 58.6 Å². The summed E-state index contributed by atoms with van der Waals surface area (Å²) < 4.78 is 11.2. The number of nitrogen functional groups attached to an aromatic ring is 1. The number of urea groups is 1. The van der Waals surface area contributed by atoms with Crippen molar-refractivity contribution in [2.75, 3.05) is 58.7 Å². The number of hydrogen-bond acceptors (Lipinski definition) is 6. The molecule has 2 aromatic rings. The number of rotatable bonds is 8. The predicted molar refractivity (Wildman–Crippen MR) is 144 cm³/mol. The van der Waals surface area contributed by atoms with Crippen molar-refractivity contribution in [2.45, 2.75) is 25.5 Å². The van der Waals surface area contributed by atoms with E-state index < -0.39 is 0 Å². The fourth-order valence-corrected chi connectivity index (χ4v) is 5.02. The van der Waals surface area contributed by atoms with Gasteiger partial charge in [-0.05, 0) is 30.4 Å². The molecule has 0 radical (unpaired) electrons. The van der Waals surface area contributed by atoms with Gasteiger partial charge in [0.05, 0.1) is 36.1 Å². The van der Waals surface area contributed by atoms with E-state index in [2.05, 4.69) is 15.5 Å². The topological polar surface area (TPSA) is 109 Å². The Balaban J connectivity index is 1.18. The molecule has 2 saturated heterocycles. The maximum Gasteiger partial charge on any atom is 0.317 e. The van der Waals surface area contributed by atoms with E-state index in [-0.39, 0.29) is 18.0 Å². The Morgan fingerprint density at radius 2 is 1.89 bits per heavy atom. The van der Waals surface area contributed by atoms with Crippen molar-refractivity contribution in [1.29, 1.82) is 0 Å². The van der Waals surface area contributed by atoms with Crippen LogP contribution in [0.4, 0.5) is 10.5 Å². The molecule has 2 aromatic carbocycles. The van der Waals surface area contributed by atoms with Crippen molar-refractivity contribution in [3.8, 4) is 5.75 Å². The second-order valence-electron chi connectivity index (χ2n) is 9.61. The van der Waals surface area contributed by atoms with Crippen molar-refractivity contribution >= 4 is 29.2 Å². The number of halogens is 1. The lowest BCUT2D eigenvalue weighted by Gasteiger charge is -2.38. The lowest BCUT2D eigenvalue weighted by atomic mass is 9.96. The molecule has 2 fully saturated rings. The first-order valence-corrected chi connectivity index (χ1v) is 13.1. The van der Waals surface area contributed by atoms with Gasteiger partial charge >= 0.3 is 6.03 Å². The van der Waals surface area contributed by atoms with Gasteiger partial charge in [0, 0.05) is 51.9 Å². The first kappa shape index (κ1) is 27.0. The highest BCUT2D eigenvalue weighted by Gasteiger charge is 2.27. The quantitative estimate of drug-likeness (QED) is 0.454. The lowest BCUT2D eigenvalue weighted by Crippen LogP contribution is -2.50. The van der Waals surface area contributed by atoms with Gasteiger partial charge in [0.25, 0.3) is 5.91 Å². The highest BCUT2D eigenvalue weighted by Crippen LogP contribution is 2.28. The van der Waals surface area contributed by atoms with Gasteiger partial charge in [-0.2, -0.15) is 0 Å². The van der Waals surface area contributed by atoms with Gasteiger partial charge in [-0.1, -0.05) is 41.9 Å². The van der Waals surface area contributed by atoms with E-state index in [9.17, 15) is 9.59 Å². The Labute approximate surface area is 223 Å². The standard InChI is InChI=1S/C27H36ClN5O4/c1-36-25-14-24(29)23(28)13-22(25)26(34)30-16-21-18-32(11-12-37-21)17-20-7-9-33(10-8-20)27(35)31-15-19-5-3-2-4-6-19/h2-6,13-14,20-21H,7-12,15-18,29H2,1H3,(H,30,34)(H,31,35). The van der Waals surface area contributed by atoms with Crippen molar-refractivity contribution in [1.82, 2.24) is 20.4 Å². The zero-order valence-electron chi connectivity index (χ0n) is 21.2. The van der Waals surface area contributed by atoms with Crippen molar-refractivity contribution < 1.29 is 19.1 Å². The fraction of sp³-hybridized carbons (Fsp3) is 0.481. The SMILES string of the molecule is COc1cc(N)c(Cl)cc1C(=O)NCC1CN(CC2CCN(C(=O)NCc3ccccc3)CC2)CCO1. The molecule has 0 aromatic heterocycles. The number of nitrogens with one attached hydrogen (secondary N) is 2. The number of hydrogen-bond donors (Lipinski definition) is 3. The maximum absolute atomic E-state index is 12.7. The Morgan fingerprint density at radius 3 is 2.62 bits per heavy atom. The monoisotopic (exact) mass is 529 g/mol. The molecule has 10 heteroatoms. The van der Waals surface area contributed by atoms with Gasteiger partial charge in [-0.3, -0.25) is 9.69 Å². The first-order valence-electron chi connectivity index (χ1n) is 12.7. The summed E-state index contributed by atoms with van der Waals surface area (Å²) in [6.07, 6.45) is 1.86. The summed E-state index contributed by atoms with van der Waals surface area (Å²) in [5.74, 6) is 0.635. The van der Waals surface area contributed by atoms with Crippen LogP contribution in [0.25, 0.3) is 0 Å².